The number of ether oxygens (including phenoxy) is 2. The van der Waals surface area contributed by atoms with Gasteiger partial charge in [0.15, 0.2) is 0 Å². The van der Waals surface area contributed by atoms with Gasteiger partial charge < -0.3 is 19.9 Å². The second-order valence-electron chi connectivity index (χ2n) is 6.52. The lowest BCUT2D eigenvalue weighted by Crippen LogP contribution is -2.38. The Bertz CT molecular complexity index is 260. The van der Waals surface area contributed by atoms with Gasteiger partial charge in [0.1, 0.15) is 0 Å². The van der Waals surface area contributed by atoms with E-state index in [0.717, 1.165) is 26.0 Å². The molecule has 0 bridgehead atoms. The fourth-order valence-electron chi connectivity index (χ4n) is 3.45. The number of aliphatic hydroxyl groups excluding tert-OH is 1. The van der Waals surface area contributed by atoms with Crippen molar-refractivity contribution in [2.75, 3.05) is 32.9 Å². The Morgan fingerprint density at radius 2 is 2.15 bits per heavy atom. The Labute approximate surface area is 123 Å². The molecule has 2 atom stereocenters. The van der Waals surface area contributed by atoms with Gasteiger partial charge in [-0.2, -0.15) is 0 Å². The highest BCUT2D eigenvalue weighted by Crippen LogP contribution is 2.40. The number of hydrogen-bond donors (Lipinski definition) is 2. The summed E-state index contributed by atoms with van der Waals surface area (Å²) in [6.45, 7) is 5.84. The minimum Gasteiger partial charge on any atom is -0.389 e. The summed E-state index contributed by atoms with van der Waals surface area (Å²) in [5.74, 6) is 0. The van der Waals surface area contributed by atoms with Crippen molar-refractivity contribution in [1.82, 2.24) is 5.32 Å². The van der Waals surface area contributed by atoms with E-state index < -0.39 is 6.10 Å². The molecule has 1 saturated carbocycles. The molecule has 2 rings (SSSR count). The third-order valence-electron chi connectivity index (χ3n) is 4.93. The van der Waals surface area contributed by atoms with Gasteiger partial charge in [0.2, 0.25) is 0 Å². The van der Waals surface area contributed by atoms with Crippen LogP contribution in [0.25, 0.3) is 0 Å². The second kappa shape index (κ2) is 8.32. The predicted octanol–water partition coefficient (Wildman–Crippen LogP) is 2.10. The van der Waals surface area contributed by atoms with E-state index in [0.29, 0.717) is 25.2 Å². The Kier molecular flexibility index (Phi) is 6.75. The average molecular weight is 285 g/mol. The highest BCUT2D eigenvalue weighted by atomic mass is 16.5. The van der Waals surface area contributed by atoms with Gasteiger partial charge in [-0.1, -0.05) is 19.8 Å². The molecule has 2 unspecified atom stereocenters. The highest BCUT2D eigenvalue weighted by molar-refractivity contribution is 4.85. The van der Waals surface area contributed by atoms with Crippen molar-refractivity contribution in [3.63, 3.8) is 0 Å². The monoisotopic (exact) mass is 285 g/mol. The van der Waals surface area contributed by atoms with Gasteiger partial charge in [-0.25, -0.2) is 0 Å². The van der Waals surface area contributed by atoms with Gasteiger partial charge in [-0.05, 0) is 37.5 Å². The summed E-state index contributed by atoms with van der Waals surface area (Å²) in [6, 6.07) is 0. The van der Waals surface area contributed by atoms with Crippen LogP contribution in [0.5, 0.6) is 0 Å². The van der Waals surface area contributed by atoms with Crippen LogP contribution in [-0.2, 0) is 9.47 Å². The molecule has 4 nitrogen and oxygen atoms in total. The molecule has 0 spiro atoms. The van der Waals surface area contributed by atoms with Crippen LogP contribution in [-0.4, -0.2) is 50.2 Å². The summed E-state index contributed by atoms with van der Waals surface area (Å²) in [6.07, 6.45) is 8.70. The predicted molar refractivity (Wildman–Crippen MR) is 79.9 cm³/mol. The largest absolute Gasteiger partial charge is 0.389 e. The molecule has 2 N–H and O–H groups in total. The van der Waals surface area contributed by atoms with E-state index in [-0.39, 0.29) is 6.10 Å². The van der Waals surface area contributed by atoms with Crippen LogP contribution in [0.3, 0.4) is 0 Å². The third kappa shape index (κ3) is 4.99. The standard InChI is InChI=1S/C16H31NO3/c1-2-16(7-3-4-8-16)13-17-10-14(18)11-19-12-15-6-5-9-20-15/h14-15,17-18H,2-13H2,1H3. The van der Waals surface area contributed by atoms with Crippen LogP contribution in [0.1, 0.15) is 51.9 Å². The van der Waals surface area contributed by atoms with Crippen molar-refractivity contribution in [2.45, 2.75) is 64.1 Å². The molecule has 0 radical (unpaired) electrons. The first-order valence-corrected chi connectivity index (χ1v) is 8.32. The van der Waals surface area contributed by atoms with E-state index in [1.54, 1.807) is 0 Å². The lowest BCUT2D eigenvalue weighted by molar-refractivity contribution is -0.0169. The summed E-state index contributed by atoms with van der Waals surface area (Å²) >= 11 is 0. The van der Waals surface area contributed by atoms with Crippen molar-refractivity contribution in [1.29, 1.82) is 0 Å². The summed E-state index contributed by atoms with van der Waals surface area (Å²) in [7, 11) is 0. The smallest absolute Gasteiger partial charge is 0.0897 e. The van der Waals surface area contributed by atoms with Gasteiger partial charge in [-0.3, -0.25) is 0 Å². The van der Waals surface area contributed by atoms with Gasteiger partial charge in [0.05, 0.1) is 25.4 Å². The molecule has 4 heteroatoms. The lowest BCUT2D eigenvalue weighted by Gasteiger charge is -2.28. The summed E-state index contributed by atoms with van der Waals surface area (Å²) < 4.78 is 11.0. The van der Waals surface area contributed by atoms with E-state index >= 15 is 0 Å². The first-order chi connectivity index (χ1) is 9.74. The molecule has 20 heavy (non-hydrogen) atoms. The van der Waals surface area contributed by atoms with Crippen LogP contribution in [0.2, 0.25) is 0 Å². The number of rotatable bonds is 9. The number of aliphatic hydroxyl groups is 1. The van der Waals surface area contributed by atoms with E-state index in [4.69, 9.17) is 9.47 Å². The van der Waals surface area contributed by atoms with Gasteiger partial charge in [-0.15, -0.1) is 0 Å². The molecule has 1 aliphatic carbocycles. The molecule has 1 heterocycles. The Morgan fingerprint density at radius 1 is 1.35 bits per heavy atom. The van der Waals surface area contributed by atoms with Crippen molar-refractivity contribution in [2.24, 2.45) is 5.41 Å². The van der Waals surface area contributed by atoms with E-state index in [1.807, 2.05) is 0 Å². The zero-order valence-corrected chi connectivity index (χ0v) is 12.9. The van der Waals surface area contributed by atoms with Gasteiger partial charge in [0, 0.05) is 19.7 Å². The molecular formula is C16H31NO3. The normalized spacial score (nSPS) is 27.0. The summed E-state index contributed by atoms with van der Waals surface area (Å²) in [5.41, 5.74) is 0.484. The van der Waals surface area contributed by atoms with Crippen LogP contribution in [0, 0.1) is 5.41 Å². The van der Waals surface area contributed by atoms with Gasteiger partial charge >= 0.3 is 0 Å². The van der Waals surface area contributed by atoms with Crippen LogP contribution in [0.15, 0.2) is 0 Å². The molecule has 118 valence electrons. The molecule has 0 amide bonds. The molecule has 2 aliphatic rings. The molecule has 1 aliphatic heterocycles. The first-order valence-electron chi connectivity index (χ1n) is 8.32. The number of hydrogen-bond acceptors (Lipinski definition) is 4. The summed E-state index contributed by atoms with van der Waals surface area (Å²) in [4.78, 5) is 0. The minimum atomic E-state index is -0.410. The fourth-order valence-corrected chi connectivity index (χ4v) is 3.45. The Morgan fingerprint density at radius 3 is 2.80 bits per heavy atom. The van der Waals surface area contributed by atoms with E-state index in [2.05, 4.69) is 12.2 Å². The molecule has 1 saturated heterocycles. The molecule has 0 aromatic rings. The topological polar surface area (TPSA) is 50.7 Å². The lowest BCUT2D eigenvalue weighted by atomic mass is 9.83. The molecule has 0 aromatic heterocycles. The zero-order chi connectivity index (χ0) is 14.3. The number of nitrogens with one attached hydrogen (secondary N) is 1. The first kappa shape index (κ1) is 16.2. The second-order valence-corrected chi connectivity index (χ2v) is 6.52. The SMILES string of the molecule is CCC1(CNCC(O)COCC2CCCO2)CCCC1. The highest BCUT2D eigenvalue weighted by Gasteiger charge is 2.31. The molecule has 2 fully saturated rings. The summed E-state index contributed by atoms with van der Waals surface area (Å²) in [5, 5.41) is 13.4. The Balaban J connectivity index is 1.52. The minimum absolute atomic E-state index is 0.247. The molecular weight excluding hydrogens is 254 g/mol. The fraction of sp³-hybridized carbons (Fsp3) is 1.00. The average Bonchev–Trinajstić information content (AvgIpc) is 3.10. The van der Waals surface area contributed by atoms with E-state index in [9.17, 15) is 5.11 Å². The van der Waals surface area contributed by atoms with Gasteiger partial charge in [0.25, 0.3) is 0 Å². The van der Waals surface area contributed by atoms with Crippen LogP contribution < -0.4 is 5.32 Å². The third-order valence-corrected chi connectivity index (χ3v) is 4.93. The van der Waals surface area contributed by atoms with Crippen molar-refractivity contribution in [3.8, 4) is 0 Å². The molecule has 0 aromatic carbocycles. The zero-order valence-electron chi connectivity index (χ0n) is 12.9. The quantitative estimate of drug-likeness (QED) is 0.681. The Hall–Kier alpha value is -0.160. The maximum absolute atomic E-state index is 9.93. The van der Waals surface area contributed by atoms with Crippen molar-refractivity contribution >= 4 is 0 Å². The van der Waals surface area contributed by atoms with Crippen molar-refractivity contribution < 1.29 is 14.6 Å². The maximum Gasteiger partial charge on any atom is 0.0897 e. The van der Waals surface area contributed by atoms with Crippen LogP contribution in [0.4, 0.5) is 0 Å². The van der Waals surface area contributed by atoms with E-state index in [1.165, 1.54) is 32.1 Å². The van der Waals surface area contributed by atoms with Crippen LogP contribution >= 0.6 is 0 Å². The maximum atomic E-state index is 9.93. The van der Waals surface area contributed by atoms with Crippen molar-refractivity contribution in [3.05, 3.63) is 0 Å².